The van der Waals surface area contributed by atoms with Crippen LogP contribution in [0.4, 0.5) is 17.5 Å². The molecular weight excluding hydrogens is 288 g/mol. The molecule has 0 saturated heterocycles. The van der Waals surface area contributed by atoms with Crippen molar-refractivity contribution >= 4 is 17.5 Å². The number of rotatable bonds is 5. The quantitative estimate of drug-likeness (QED) is 0.753. The molecule has 0 radical (unpaired) electrons. The van der Waals surface area contributed by atoms with Crippen LogP contribution in [0.3, 0.4) is 0 Å². The molecule has 0 fully saturated rings. The Hall–Kier alpha value is -3.02. The average Bonchev–Trinajstić information content (AvgIpc) is 2.59. The second kappa shape index (κ2) is 6.83. The van der Waals surface area contributed by atoms with E-state index in [2.05, 4.69) is 50.7 Å². The van der Waals surface area contributed by atoms with Gasteiger partial charge >= 0.3 is 0 Å². The Kier molecular flexibility index (Phi) is 4.42. The van der Waals surface area contributed by atoms with E-state index < -0.39 is 0 Å². The summed E-state index contributed by atoms with van der Waals surface area (Å²) in [6, 6.07) is 10.0. The van der Waals surface area contributed by atoms with E-state index in [1.54, 1.807) is 18.6 Å². The molecule has 0 amide bonds. The molecule has 0 aliphatic heterocycles. The minimum Gasteiger partial charge on any atom is -0.349 e. The lowest BCUT2D eigenvalue weighted by Gasteiger charge is -2.11. The molecule has 0 aliphatic carbocycles. The predicted molar refractivity (Wildman–Crippen MR) is 90.6 cm³/mol. The number of pyridine rings is 1. The molecule has 3 aromatic rings. The fraction of sp³-hybridized carbons (Fsp3) is 0.176. The third-order valence-corrected chi connectivity index (χ3v) is 3.63. The number of nitrogens with zero attached hydrogens (tertiary/aromatic N) is 4. The van der Waals surface area contributed by atoms with Crippen molar-refractivity contribution in [1.29, 1.82) is 0 Å². The van der Waals surface area contributed by atoms with Crippen molar-refractivity contribution in [2.24, 2.45) is 0 Å². The first-order chi connectivity index (χ1) is 11.2. The number of hydrogen-bond acceptors (Lipinski definition) is 6. The zero-order chi connectivity index (χ0) is 16.1. The van der Waals surface area contributed by atoms with Gasteiger partial charge < -0.3 is 10.6 Å². The Labute approximate surface area is 135 Å². The summed E-state index contributed by atoms with van der Waals surface area (Å²) in [6.45, 7) is 4.78. The minimum absolute atomic E-state index is 0.483. The fourth-order valence-corrected chi connectivity index (χ4v) is 2.14. The Balaban J connectivity index is 1.71. The first-order valence-corrected chi connectivity index (χ1v) is 7.38. The van der Waals surface area contributed by atoms with Crippen LogP contribution in [0.25, 0.3) is 0 Å². The number of aromatic nitrogens is 4. The van der Waals surface area contributed by atoms with Crippen molar-refractivity contribution in [1.82, 2.24) is 20.2 Å². The summed E-state index contributed by atoms with van der Waals surface area (Å²) in [7, 11) is 0. The summed E-state index contributed by atoms with van der Waals surface area (Å²) < 4.78 is 0. The Morgan fingerprint density at radius 2 is 1.87 bits per heavy atom. The second-order valence-electron chi connectivity index (χ2n) is 5.25. The Morgan fingerprint density at radius 1 is 1.04 bits per heavy atom. The number of aryl methyl sites for hydroxylation is 1. The predicted octanol–water partition coefficient (Wildman–Crippen LogP) is 3.24. The highest BCUT2D eigenvalue weighted by Crippen LogP contribution is 2.21. The number of hydrogen-bond donors (Lipinski definition) is 2. The zero-order valence-electron chi connectivity index (χ0n) is 13.1. The van der Waals surface area contributed by atoms with E-state index in [9.17, 15) is 0 Å². The third-order valence-electron chi connectivity index (χ3n) is 3.63. The third kappa shape index (κ3) is 3.79. The highest BCUT2D eigenvalue weighted by Gasteiger charge is 2.04. The molecule has 6 nitrogen and oxygen atoms in total. The summed E-state index contributed by atoms with van der Waals surface area (Å²) in [5.74, 6) is 1.14. The van der Waals surface area contributed by atoms with Crippen LogP contribution in [0, 0.1) is 13.8 Å². The standard InChI is InChI=1S/C17H18N6/c1-12-4-3-5-15(13(12)2)21-16-11-20-23-17(22-16)19-10-14-6-8-18-9-7-14/h3-9,11H,10H2,1-2H3,(H2,19,21,22,23). The number of anilines is 3. The molecule has 2 aromatic heterocycles. The molecule has 2 heterocycles. The van der Waals surface area contributed by atoms with Crippen LogP contribution in [0.15, 0.2) is 48.9 Å². The molecule has 1 aromatic carbocycles. The van der Waals surface area contributed by atoms with Gasteiger partial charge in [0.15, 0.2) is 5.82 Å². The van der Waals surface area contributed by atoms with E-state index in [1.807, 2.05) is 24.3 Å². The summed E-state index contributed by atoms with van der Waals surface area (Å²) >= 11 is 0. The largest absolute Gasteiger partial charge is 0.349 e. The topological polar surface area (TPSA) is 75.6 Å². The lowest BCUT2D eigenvalue weighted by Crippen LogP contribution is -2.06. The molecule has 23 heavy (non-hydrogen) atoms. The van der Waals surface area contributed by atoms with Gasteiger partial charge in [-0.3, -0.25) is 4.98 Å². The van der Waals surface area contributed by atoms with E-state index in [0.717, 1.165) is 11.3 Å². The molecule has 0 bridgehead atoms. The monoisotopic (exact) mass is 306 g/mol. The van der Waals surface area contributed by atoms with Gasteiger partial charge in [0.2, 0.25) is 5.95 Å². The molecule has 0 unspecified atom stereocenters. The molecule has 0 atom stereocenters. The fourth-order valence-electron chi connectivity index (χ4n) is 2.14. The van der Waals surface area contributed by atoms with Crippen molar-refractivity contribution in [3.05, 3.63) is 65.6 Å². The van der Waals surface area contributed by atoms with Gasteiger partial charge in [-0.05, 0) is 48.7 Å². The minimum atomic E-state index is 0.483. The maximum atomic E-state index is 4.44. The summed E-state index contributed by atoms with van der Waals surface area (Å²) in [5, 5.41) is 14.5. The molecule has 3 rings (SSSR count). The first-order valence-electron chi connectivity index (χ1n) is 7.38. The van der Waals surface area contributed by atoms with Crippen molar-refractivity contribution in [2.45, 2.75) is 20.4 Å². The molecular formula is C17H18N6. The molecule has 0 aliphatic rings. The summed E-state index contributed by atoms with van der Waals surface area (Å²) in [5.41, 5.74) is 4.55. The zero-order valence-corrected chi connectivity index (χ0v) is 13.1. The van der Waals surface area contributed by atoms with Crippen LogP contribution >= 0.6 is 0 Å². The number of benzene rings is 1. The van der Waals surface area contributed by atoms with E-state index in [-0.39, 0.29) is 0 Å². The van der Waals surface area contributed by atoms with Crippen LogP contribution < -0.4 is 10.6 Å². The average molecular weight is 306 g/mol. The highest BCUT2D eigenvalue weighted by atomic mass is 15.3. The van der Waals surface area contributed by atoms with Gasteiger partial charge in [-0.15, -0.1) is 5.10 Å². The highest BCUT2D eigenvalue weighted by molar-refractivity contribution is 5.61. The van der Waals surface area contributed by atoms with Gasteiger partial charge in [-0.1, -0.05) is 12.1 Å². The molecule has 2 N–H and O–H groups in total. The van der Waals surface area contributed by atoms with Crippen LogP contribution in [0.5, 0.6) is 0 Å². The van der Waals surface area contributed by atoms with Crippen molar-refractivity contribution in [2.75, 3.05) is 10.6 Å². The van der Waals surface area contributed by atoms with Gasteiger partial charge in [0.05, 0.1) is 6.20 Å². The molecule has 116 valence electrons. The van der Waals surface area contributed by atoms with Gasteiger partial charge in [-0.2, -0.15) is 10.1 Å². The SMILES string of the molecule is Cc1cccc(Nc2cnnc(NCc3ccncc3)n2)c1C. The van der Waals surface area contributed by atoms with Crippen molar-refractivity contribution in [3.63, 3.8) is 0 Å². The lowest BCUT2D eigenvalue weighted by atomic mass is 10.1. The normalized spacial score (nSPS) is 10.3. The lowest BCUT2D eigenvalue weighted by molar-refractivity contribution is 0.947. The van der Waals surface area contributed by atoms with Gasteiger partial charge in [0.25, 0.3) is 0 Å². The van der Waals surface area contributed by atoms with Crippen LogP contribution in [-0.4, -0.2) is 20.2 Å². The van der Waals surface area contributed by atoms with E-state index in [1.165, 1.54) is 11.1 Å². The van der Waals surface area contributed by atoms with Crippen LogP contribution in [0.2, 0.25) is 0 Å². The maximum Gasteiger partial charge on any atom is 0.244 e. The molecule has 0 saturated carbocycles. The van der Waals surface area contributed by atoms with Gasteiger partial charge in [0, 0.05) is 24.6 Å². The van der Waals surface area contributed by atoms with Crippen molar-refractivity contribution in [3.8, 4) is 0 Å². The summed E-state index contributed by atoms with van der Waals surface area (Å²) in [4.78, 5) is 8.44. The Morgan fingerprint density at radius 3 is 2.70 bits per heavy atom. The molecule has 0 spiro atoms. The first kappa shape index (κ1) is 14.9. The van der Waals surface area contributed by atoms with E-state index in [4.69, 9.17) is 0 Å². The van der Waals surface area contributed by atoms with Crippen LogP contribution in [0.1, 0.15) is 16.7 Å². The smallest absolute Gasteiger partial charge is 0.244 e. The maximum absolute atomic E-state index is 4.44. The molecule has 6 heteroatoms. The second-order valence-corrected chi connectivity index (χ2v) is 5.25. The van der Waals surface area contributed by atoms with Crippen LogP contribution in [-0.2, 0) is 6.54 Å². The number of nitrogens with one attached hydrogen (secondary N) is 2. The van der Waals surface area contributed by atoms with E-state index in [0.29, 0.717) is 18.3 Å². The van der Waals surface area contributed by atoms with E-state index >= 15 is 0 Å². The van der Waals surface area contributed by atoms with Crippen molar-refractivity contribution < 1.29 is 0 Å². The van der Waals surface area contributed by atoms with Gasteiger partial charge in [0.1, 0.15) is 0 Å². The summed E-state index contributed by atoms with van der Waals surface area (Å²) in [6.07, 6.45) is 5.13. The van der Waals surface area contributed by atoms with Gasteiger partial charge in [-0.25, -0.2) is 0 Å². The Bertz CT molecular complexity index is 788.